The van der Waals surface area contributed by atoms with Crippen LogP contribution in [-0.2, 0) is 0 Å². The van der Waals surface area contributed by atoms with E-state index in [4.69, 9.17) is 14.8 Å². The van der Waals surface area contributed by atoms with E-state index < -0.39 is 0 Å². The maximum absolute atomic E-state index is 13.9. The molecule has 6 heteroatoms. The fourth-order valence-corrected chi connectivity index (χ4v) is 4.34. The van der Waals surface area contributed by atoms with Crippen LogP contribution in [0.4, 0.5) is 0 Å². The smallest absolute Gasteiger partial charge is 0.266 e. The van der Waals surface area contributed by atoms with Crippen molar-refractivity contribution in [1.29, 1.82) is 0 Å². The number of fused-ring (bicyclic) bond motifs is 1. The molecule has 2 heterocycles. The number of methoxy groups -OCH3 is 1. The van der Waals surface area contributed by atoms with E-state index in [-0.39, 0.29) is 5.56 Å². The molecule has 0 aliphatic rings. The first kappa shape index (κ1) is 21.6. The molecule has 0 aliphatic heterocycles. The Kier molecular flexibility index (Phi) is 5.39. The van der Waals surface area contributed by atoms with Gasteiger partial charge in [0, 0.05) is 11.8 Å². The van der Waals surface area contributed by atoms with Gasteiger partial charge in [0.15, 0.2) is 5.82 Å². The number of ether oxygens (including phenoxy) is 1. The van der Waals surface area contributed by atoms with E-state index in [2.05, 4.69) is 0 Å². The van der Waals surface area contributed by atoms with E-state index in [1.54, 1.807) is 17.7 Å². The molecule has 0 bridgehead atoms. The standard InChI is InChI=1S/C30H22N4O2/c1-36-24-18-16-23(17-19-24)34-29(31-27-15-9-8-14-25(27)30(34)35)26-20-33(22-12-6-3-7-13-22)32-28(26)21-10-4-2-5-11-21/h2-20H,1H3. The molecule has 6 rings (SSSR count). The predicted octanol–water partition coefficient (Wildman–Crippen LogP) is 5.91. The van der Waals surface area contributed by atoms with Gasteiger partial charge in [-0.2, -0.15) is 5.10 Å². The van der Waals surface area contributed by atoms with Crippen molar-refractivity contribution < 1.29 is 4.74 Å². The van der Waals surface area contributed by atoms with Crippen molar-refractivity contribution in [2.75, 3.05) is 7.11 Å². The molecular weight excluding hydrogens is 448 g/mol. The Bertz CT molecular complexity index is 1720. The highest BCUT2D eigenvalue weighted by molar-refractivity contribution is 5.84. The van der Waals surface area contributed by atoms with Crippen LogP contribution in [0.5, 0.6) is 5.75 Å². The molecule has 174 valence electrons. The zero-order valence-corrected chi connectivity index (χ0v) is 19.6. The first-order valence-corrected chi connectivity index (χ1v) is 11.6. The lowest BCUT2D eigenvalue weighted by Crippen LogP contribution is -2.22. The van der Waals surface area contributed by atoms with Gasteiger partial charge in [-0.25, -0.2) is 9.67 Å². The van der Waals surface area contributed by atoms with Gasteiger partial charge in [0.2, 0.25) is 0 Å². The Labute approximate surface area is 207 Å². The molecule has 0 amide bonds. The van der Waals surface area contributed by atoms with Crippen molar-refractivity contribution in [3.63, 3.8) is 0 Å². The molecule has 0 fully saturated rings. The Morgan fingerprint density at radius 1 is 0.722 bits per heavy atom. The highest BCUT2D eigenvalue weighted by Gasteiger charge is 2.21. The van der Waals surface area contributed by atoms with Crippen LogP contribution in [-0.4, -0.2) is 26.4 Å². The van der Waals surface area contributed by atoms with Crippen LogP contribution < -0.4 is 10.3 Å². The number of aromatic nitrogens is 4. The molecule has 0 saturated carbocycles. The molecule has 0 atom stereocenters. The normalized spacial score (nSPS) is 11.0. The highest BCUT2D eigenvalue weighted by atomic mass is 16.5. The summed E-state index contributed by atoms with van der Waals surface area (Å²) >= 11 is 0. The van der Waals surface area contributed by atoms with Gasteiger partial charge >= 0.3 is 0 Å². The average molecular weight is 471 g/mol. The van der Waals surface area contributed by atoms with Gasteiger partial charge in [-0.1, -0.05) is 60.7 Å². The first-order valence-electron chi connectivity index (χ1n) is 11.6. The Hall–Kier alpha value is -4.97. The lowest BCUT2D eigenvalue weighted by atomic mass is 10.1. The quantitative estimate of drug-likeness (QED) is 0.314. The number of rotatable bonds is 5. The van der Waals surface area contributed by atoms with Crippen LogP contribution in [0.25, 0.3) is 44.9 Å². The summed E-state index contributed by atoms with van der Waals surface area (Å²) in [6, 6.07) is 34.7. The van der Waals surface area contributed by atoms with Crippen LogP contribution in [0, 0.1) is 0 Å². The van der Waals surface area contributed by atoms with Gasteiger partial charge in [0.1, 0.15) is 11.4 Å². The Morgan fingerprint density at radius 2 is 1.39 bits per heavy atom. The van der Waals surface area contributed by atoms with E-state index >= 15 is 0 Å². The summed E-state index contributed by atoms with van der Waals surface area (Å²) in [4.78, 5) is 18.9. The Balaban J connectivity index is 1.68. The molecule has 2 aromatic heterocycles. The SMILES string of the molecule is COc1ccc(-n2c(-c3cn(-c4ccccc4)nc3-c3ccccc3)nc3ccccc3c2=O)cc1. The molecule has 4 aromatic carbocycles. The second-order valence-electron chi connectivity index (χ2n) is 8.33. The third-order valence-corrected chi connectivity index (χ3v) is 6.13. The first-order chi connectivity index (χ1) is 17.7. The fourth-order valence-electron chi connectivity index (χ4n) is 4.34. The number of hydrogen-bond acceptors (Lipinski definition) is 4. The minimum Gasteiger partial charge on any atom is -0.497 e. The van der Waals surface area contributed by atoms with Crippen LogP contribution in [0.2, 0.25) is 0 Å². The zero-order valence-electron chi connectivity index (χ0n) is 19.6. The van der Waals surface area contributed by atoms with Crippen LogP contribution in [0.3, 0.4) is 0 Å². The predicted molar refractivity (Wildman–Crippen MR) is 142 cm³/mol. The van der Waals surface area contributed by atoms with Crippen molar-refractivity contribution in [3.05, 3.63) is 126 Å². The van der Waals surface area contributed by atoms with Gasteiger partial charge in [-0.05, 0) is 48.5 Å². The molecule has 0 saturated heterocycles. The summed E-state index contributed by atoms with van der Waals surface area (Å²) in [6.07, 6.45) is 1.94. The maximum Gasteiger partial charge on any atom is 0.266 e. The van der Waals surface area contributed by atoms with Crippen molar-refractivity contribution in [2.45, 2.75) is 0 Å². The topological polar surface area (TPSA) is 61.9 Å². The Morgan fingerprint density at radius 3 is 2.11 bits per heavy atom. The average Bonchev–Trinajstić information content (AvgIpc) is 3.40. The van der Waals surface area contributed by atoms with Crippen molar-refractivity contribution in [2.24, 2.45) is 0 Å². The van der Waals surface area contributed by atoms with Crippen molar-refractivity contribution in [3.8, 4) is 39.8 Å². The number of hydrogen-bond donors (Lipinski definition) is 0. The molecular formula is C30H22N4O2. The molecule has 36 heavy (non-hydrogen) atoms. The molecule has 0 aliphatic carbocycles. The largest absolute Gasteiger partial charge is 0.497 e. The number of para-hydroxylation sites is 2. The molecule has 0 N–H and O–H groups in total. The number of nitrogens with zero attached hydrogens (tertiary/aromatic N) is 4. The second-order valence-corrected chi connectivity index (χ2v) is 8.33. The minimum absolute atomic E-state index is 0.146. The molecule has 0 spiro atoms. The summed E-state index contributed by atoms with van der Waals surface area (Å²) in [5.74, 6) is 1.23. The van der Waals surface area contributed by atoms with Gasteiger partial charge < -0.3 is 4.74 Å². The summed E-state index contributed by atoms with van der Waals surface area (Å²) in [5, 5.41) is 5.49. The van der Waals surface area contributed by atoms with Gasteiger partial charge in [0.05, 0.1) is 35.0 Å². The molecule has 0 unspecified atom stereocenters. The van der Waals surface area contributed by atoms with E-state index in [9.17, 15) is 4.79 Å². The summed E-state index contributed by atoms with van der Waals surface area (Å²) in [7, 11) is 1.62. The lowest BCUT2D eigenvalue weighted by molar-refractivity contribution is 0.414. The van der Waals surface area contributed by atoms with Gasteiger partial charge in [-0.3, -0.25) is 9.36 Å². The minimum atomic E-state index is -0.146. The van der Waals surface area contributed by atoms with E-state index in [0.717, 1.165) is 22.5 Å². The monoisotopic (exact) mass is 470 g/mol. The van der Waals surface area contributed by atoms with E-state index in [1.165, 1.54) is 0 Å². The van der Waals surface area contributed by atoms with E-state index in [1.807, 2.05) is 114 Å². The molecule has 6 aromatic rings. The van der Waals surface area contributed by atoms with Gasteiger partial charge in [0.25, 0.3) is 5.56 Å². The summed E-state index contributed by atoms with van der Waals surface area (Å²) in [6.45, 7) is 0. The van der Waals surface area contributed by atoms with Crippen molar-refractivity contribution >= 4 is 10.9 Å². The van der Waals surface area contributed by atoms with E-state index in [0.29, 0.717) is 28.2 Å². The third-order valence-electron chi connectivity index (χ3n) is 6.13. The summed E-state index contributed by atoms with van der Waals surface area (Å²) in [5.41, 5.74) is 4.53. The highest BCUT2D eigenvalue weighted by Crippen LogP contribution is 2.32. The zero-order chi connectivity index (χ0) is 24.5. The third kappa shape index (κ3) is 3.75. The second kappa shape index (κ2) is 9.00. The van der Waals surface area contributed by atoms with Gasteiger partial charge in [-0.15, -0.1) is 0 Å². The lowest BCUT2D eigenvalue weighted by Gasteiger charge is -2.14. The van der Waals surface area contributed by atoms with Crippen LogP contribution in [0.1, 0.15) is 0 Å². The maximum atomic E-state index is 13.9. The molecule has 6 nitrogen and oxygen atoms in total. The number of benzene rings is 4. The summed E-state index contributed by atoms with van der Waals surface area (Å²) < 4.78 is 8.82. The fraction of sp³-hybridized carbons (Fsp3) is 0.0333. The molecule has 0 radical (unpaired) electrons. The van der Waals surface area contributed by atoms with Crippen LogP contribution in [0.15, 0.2) is 120 Å². The van der Waals surface area contributed by atoms with Crippen LogP contribution >= 0.6 is 0 Å². The van der Waals surface area contributed by atoms with Crippen molar-refractivity contribution in [1.82, 2.24) is 19.3 Å².